The number of rotatable bonds is 3. The van der Waals surface area contributed by atoms with Gasteiger partial charge < -0.3 is 26.0 Å². The molecule has 1 unspecified atom stereocenters. The van der Waals surface area contributed by atoms with E-state index in [0.29, 0.717) is 0 Å². The van der Waals surface area contributed by atoms with E-state index in [4.69, 9.17) is 15.3 Å². The van der Waals surface area contributed by atoms with Crippen molar-refractivity contribution in [3.8, 4) is 0 Å². The van der Waals surface area contributed by atoms with Crippen LogP contribution in [0.2, 0.25) is 0 Å². The Morgan fingerprint density at radius 1 is 1.07 bits per heavy atom. The summed E-state index contributed by atoms with van der Waals surface area (Å²) in [6.45, 7) is 4.56. The van der Waals surface area contributed by atoms with Crippen molar-refractivity contribution >= 4 is 11.9 Å². The monoisotopic (exact) mass is 220 g/mol. The van der Waals surface area contributed by atoms with Crippen LogP contribution in [0.3, 0.4) is 0 Å². The van der Waals surface area contributed by atoms with Crippen LogP contribution >= 0.6 is 0 Å². The predicted molar refractivity (Wildman–Crippen MR) is 51.6 cm³/mol. The molecule has 1 heterocycles. The third kappa shape index (κ3) is 9.13. The Morgan fingerprint density at radius 3 is 1.60 bits per heavy atom. The van der Waals surface area contributed by atoms with Gasteiger partial charge in [-0.05, 0) is 0 Å². The van der Waals surface area contributed by atoms with Crippen LogP contribution in [-0.4, -0.2) is 59.5 Å². The zero-order valence-corrected chi connectivity index (χ0v) is 8.27. The van der Waals surface area contributed by atoms with Crippen LogP contribution in [0.5, 0.6) is 0 Å². The fourth-order valence-corrected chi connectivity index (χ4v) is 0.856. The van der Waals surface area contributed by atoms with Crippen molar-refractivity contribution < 1.29 is 24.9 Å². The summed E-state index contributed by atoms with van der Waals surface area (Å²) in [7, 11) is 0. The van der Waals surface area contributed by atoms with E-state index in [-0.39, 0.29) is 0 Å². The molecule has 0 radical (unpaired) electrons. The van der Waals surface area contributed by atoms with Gasteiger partial charge in [0.2, 0.25) is 0 Å². The number of piperazine rings is 1. The summed E-state index contributed by atoms with van der Waals surface area (Å²) in [6, 6.07) is 0. The molecule has 1 aliphatic heterocycles. The largest absolute Gasteiger partial charge is 0.481 e. The molecule has 0 saturated carbocycles. The Labute approximate surface area is 87.1 Å². The van der Waals surface area contributed by atoms with Gasteiger partial charge in [-0.3, -0.25) is 4.79 Å². The van der Waals surface area contributed by atoms with Gasteiger partial charge in [0.15, 0.2) is 6.10 Å². The lowest BCUT2D eigenvalue weighted by Gasteiger charge is -2.11. The Morgan fingerprint density at radius 2 is 1.47 bits per heavy atom. The predicted octanol–water partition coefficient (Wildman–Crippen LogP) is -1.91. The number of aliphatic carboxylic acids is 2. The summed E-state index contributed by atoms with van der Waals surface area (Å²) < 4.78 is 0. The molecule has 0 aromatic heterocycles. The van der Waals surface area contributed by atoms with Crippen molar-refractivity contribution in [2.24, 2.45) is 0 Å². The number of aliphatic hydroxyl groups excluding tert-OH is 1. The first kappa shape index (κ1) is 13.8. The maximum atomic E-state index is 9.72. The van der Waals surface area contributed by atoms with Crippen LogP contribution in [-0.2, 0) is 9.59 Å². The van der Waals surface area contributed by atoms with Crippen LogP contribution in [0.15, 0.2) is 0 Å². The van der Waals surface area contributed by atoms with Gasteiger partial charge in [0.1, 0.15) is 0 Å². The van der Waals surface area contributed by atoms with Crippen molar-refractivity contribution in [1.29, 1.82) is 0 Å². The molecule has 7 nitrogen and oxygen atoms in total. The fourth-order valence-electron chi connectivity index (χ4n) is 0.856. The zero-order valence-electron chi connectivity index (χ0n) is 8.27. The van der Waals surface area contributed by atoms with Crippen molar-refractivity contribution in [2.75, 3.05) is 26.2 Å². The second kappa shape index (κ2) is 8.16. The van der Waals surface area contributed by atoms with E-state index < -0.39 is 24.5 Å². The number of aliphatic hydroxyl groups is 1. The minimum absolute atomic E-state index is 0.755. The maximum Gasteiger partial charge on any atom is 0.333 e. The molecule has 7 heteroatoms. The Balaban J connectivity index is 0.000000280. The quantitative estimate of drug-likeness (QED) is 0.376. The molecule has 1 fully saturated rings. The number of carboxylic acids is 2. The molecule has 0 aliphatic carbocycles. The van der Waals surface area contributed by atoms with E-state index in [2.05, 4.69) is 10.6 Å². The topological polar surface area (TPSA) is 119 Å². The summed E-state index contributed by atoms with van der Waals surface area (Å²) in [5, 5.41) is 30.6. The Hall–Kier alpha value is -1.18. The minimum Gasteiger partial charge on any atom is -0.481 e. The first-order chi connectivity index (χ1) is 7.04. The summed E-state index contributed by atoms with van der Waals surface area (Å²) in [5.74, 6) is -2.85. The highest BCUT2D eigenvalue weighted by molar-refractivity contribution is 5.79. The molecule has 0 spiro atoms. The van der Waals surface area contributed by atoms with Crippen molar-refractivity contribution in [1.82, 2.24) is 10.6 Å². The van der Waals surface area contributed by atoms with E-state index in [1.807, 2.05) is 0 Å². The van der Waals surface area contributed by atoms with Crippen molar-refractivity contribution in [3.63, 3.8) is 0 Å². The van der Waals surface area contributed by atoms with Crippen LogP contribution in [0.25, 0.3) is 0 Å². The van der Waals surface area contributed by atoms with Crippen LogP contribution in [0.4, 0.5) is 0 Å². The highest BCUT2D eigenvalue weighted by Crippen LogP contribution is 1.89. The van der Waals surface area contributed by atoms with Crippen molar-refractivity contribution in [2.45, 2.75) is 12.5 Å². The summed E-state index contributed by atoms with van der Waals surface area (Å²) in [5.41, 5.74) is 0. The molecule has 0 aromatic rings. The van der Waals surface area contributed by atoms with Crippen molar-refractivity contribution in [3.05, 3.63) is 0 Å². The van der Waals surface area contributed by atoms with E-state index in [9.17, 15) is 9.59 Å². The molecule has 0 amide bonds. The SMILES string of the molecule is C1CNCCN1.O=C(O)CC(O)C(=O)O. The first-order valence-corrected chi connectivity index (χ1v) is 4.58. The molecule has 1 aliphatic rings. The van der Waals surface area contributed by atoms with Gasteiger partial charge in [0.25, 0.3) is 0 Å². The molecule has 0 aromatic carbocycles. The summed E-state index contributed by atoms with van der Waals surface area (Å²) in [4.78, 5) is 19.4. The second-order valence-electron chi connectivity index (χ2n) is 2.95. The number of hydrogen-bond donors (Lipinski definition) is 5. The number of nitrogens with one attached hydrogen (secondary N) is 2. The molecule has 5 N–H and O–H groups in total. The first-order valence-electron chi connectivity index (χ1n) is 4.58. The molecular formula is C8H16N2O5. The van der Waals surface area contributed by atoms with Gasteiger partial charge in [-0.1, -0.05) is 0 Å². The lowest BCUT2D eigenvalue weighted by atomic mass is 10.3. The van der Waals surface area contributed by atoms with Gasteiger partial charge >= 0.3 is 11.9 Å². The average molecular weight is 220 g/mol. The normalized spacial score (nSPS) is 17.1. The number of hydrogen-bond acceptors (Lipinski definition) is 5. The van der Waals surface area contributed by atoms with Gasteiger partial charge in [-0.2, -0.15) is 0 Å². The van der Waals surface area contributed by atoms with Gasteiger partial charge in [-0.25, -0.2) is 4.79 Å². The second-order valence-corrected chi connectivity index (χ2v) is 2.95. The van der Waals surface area contributed by atoms with E-state index in [1.165, 1.54) is 0 Å². The third-order valence-electron chi connectivity index (χ3n) is 1.61. The standard InChI is InChI=1S/C4H10N2.C4H6O5/c1-2-6-4-3-5-1;5-2(4(8)9)1-3(6)7/h5-6H,1-4H2;2,5H,1H2,(H,6,7)(H,8,9). The van der Waals surface area contributed by atoms with E-state index in [1.54, 1.807) is 0 Å². The molecule has 1 atom stereocenters. The number of carbonyl (C=O) groups is 2. The zero-order chi connectivity index (χ0) is 11.7. The van der Waals surface area contributed by atoms with Gasteiger partial charge in [0, 0.05) is 26.2 Å². The molecule has 1 saturated heterocycles. The maximum absolute atomic E-state index is 9.72. The smallest absolute Gasteiger partial charge is 0.333 e. The highest BCUT2D eigenvalue weighted by Gasteiger charge is 2.16. The van der Waals surface area contributed by atoms with E-state index in [0.717, 1.165) is 26.2 Å². The minimum atomic E-state index is -1.79. The van der Waals surface area contributed by atoms with Crippen LogP contribution in [0.1, 0.15) is 6.42 Å². The summed E-state index contributed by atoms with van der Waals surface area (Å²) >= 11 is 0. The fraction of sp³-hybridized carbons (Fsp3) is 0.750. The number of carboxylic acid groups (broad SMARTS) is 2. The summed E-state index contributed by atoms with van der Waals surface area (Å²) in [6.07, 6.45) is -2.54. The molecule has 15 heavy (non-hydrogen) atoms. The highest BCUT2D eigenvalue weighted by atomic mass is 16.4. The molecule has 88 valence electrons. The van der Waals surface area contributed by atoms with Gasteiger partial charge in [-0.15, -0.1) is 0 Å². The average Bonchev–Trinajstić information content (AvgIpc) is 2.20. The molecule has 0 bridgehead atoms. The molecule has 1 rings (SSSR count). The third-order valence-corrected chi connectivity index (χ3v) is 1.61. The van der Waals surface area contributed by atoms with Crippen LogP contribution in [0, 0.1) is 0 Å². The lowest BCUT2D eigenvalue weighted by molar-refractivity contribution is -0.152. The molecular weight excluding hydrogens is 204 g/mol. The Bertz CT molecular complexity index is 194. The van der Waals surface area contributed by atoms with Gasteiger partial charge in [0.05, 0.1) is 6.42 Å². The Kier molecular flexibility index (Phi) is 7.51. The van der Waals surface area contributed by atoms with E-state index >= 15 is 0 Å². The van der Waals surface area contributed by atoms with Crippen LogP contribution < -0.4 is 10.6 Å². The lowest BCUT2D eigenvalue weighted by Crippen LogP contribution is -2.39.